The second kappa shape index (κ2) is 15.4. The molecule has 13 nitrogen and oxygen atoms in total. The molecule has 0 aliphatic carbocycles. The van der Waals surface area contributed by atoms with Gasteiger partial charge in [0, 0.05) is 61.6 Å². The van der Waals surface area contributed by atoms with Crippen molar-refractivity contribution in [2.24, 2.45) is 0 Å². The number of likely N-dealkylation sites (N-methyl/N-ethyl adjacent to an activating group) is 2. The molecule has 0 spiro atoms. The van der Waals surface area contributed by atoms with Gasteiger partial charge in [-0.2, -0.15) is 13.2 Å². The Morgan fingerprint density at radius 1 is 1.17 bits per heavy atom. The molecule has 1 aliphatic rings. The molecule has 258 valence electrons. The summed E-state index contributed by atoms with van der Waals surface area (Å²) in [5.74, 6) is -1.03. The molecule has 1 fully saturated rings. The van der Waals surface area contributed by atoms with E-state index in [4.69, 9.17) is 19.1 Å². The molecule has 4 aromatic rings. The molecule has 17 heteroatoms. The second-order valence-corrected chi connectivity index (χ2v) is 12.6. The first-order chi connectivity index (χ1) is 22.7. The molecule has 2 aromatic heterocycles. The number of nitrogens with one attached hydrogen (secondary N) is 2. The van der Waals surface area contributed by atoms with Crippen LogP contribution in [0, 0.1) is 6.92 Å². The summed E-state index contributed by atoms with van der Waals surface area (Å²) in [5, 5.41) is 11.0. The van der Waals surface area contributed by atoms with E-state index in [0.29, 0.717) is 35.2 Å². The quantitative estimate of drug-likeness (QED) is 0.211. The Kier molecular flexibility index (Phi) is 11.6. The zero-order chi connectivity index (χ0) is 35.1. The second-order valence-electron chi connectivity index (χ2n) is 10.9. The number of fused-ring (bicyclic) bond motifs is 1. The Morgan fingerprint density at radius 3 is 2.58 bits per heavy atom. The number of ether oxygens (including phenoxy) is 1. The van der Waals surface area contributed by atoms with Crippen molar-refractivity contribution in [1.29, 1.82) is 0 Å². The number of hydrogen-bond acceptors (Lipinski definition) is 10. The van der Waals surface area contributed by atoms with Gasteiger partial charge in [-0.15, -0.1) is 0 Å². The van der Waals surface area contributed by atoms with Crippen LogP contribution in [0.2, 0.25) is 0 Å². The number of amides is 1. The largest absolute Gasteiger partial charge is 0.490 e. The van der Waals surface area contributed by atoms with Crippen molar-refractivity contribution in [3.63, 3.8) is 0 Å². The molecule has 0 radical (unpaired) electrons. The zero-order valence-corrected chi connectivity index (χ0v) is 27.1. The molecule has 1 aliphatic heterocycles. The lowest BCUT2D eigenvalue weighted by Gasteiger charge is -2.25. The Labute approximate surface area is 274 Å². The number of aliphatic carboxylic acids is 1. The van der Waals surface area contributed by atoms with Crippen molar-refractivity contribution in [3.8, 4) is 5.75 Å². The van der Waals surface area contributed by atoms with Gasteiger partial charge in [-0.3, -0.25) is 14.7 Å². The Balaban J connectivity index is 0.000000671. The van der Waals surface area contributed by atoms with Crippen LogP contribution in [0.25, 0.3) is 10.8 Å². The van der Waals surface area contributed by atoms with Crippen LogP contribution in [-0.4, -0.2) is 86.3 Å². The zero-order valence-electron chi connectivity index (χ0n) is 26.3. The van der Waals surface area contributed by atoms with E-state index in [1.807, 2.05) is 13.0 Å². The van der Waals surface area contributed by atoms with Gasteiger partial charge < -0.3 is 24.5 Å². The number of alkyl halides is 3. The van der Waals surface area contributed by atoms with Crippen LogP contribution in [-0.2, 0) is 32.7 Å². The average molecular weight is 693 g/mol. The van der Waals surface area contributed by atoms with E-state index in [1.165, 1.54) is 7.05 Å². The maximum atomic E-state index is 13.5. The van der Waals surface area contributed by atoms with E-state index >= 15 is 0 Å². The summed E-state index contributed by atoms with van der Waals surface area (Å²) in [6.07, 6.45) is 0.946. The third-order valence-electron chi connectivity index (χ3n) is 7.48. The first kappa shape index (κ1) is 36.1. The van der Waals surface area contributed by atoms with E-state index in [1.54, 1.807) is 55.0 Å². The number of aryl methyl sites for hydroxylation is 1. The number of carbonyl (C=O) groups is 2. The lowest BCUT2D eigenvalue weighted by atomic mass is 10.1. The minimum atomic E-state index is -5.08. The third kappa shape index (κ3) is 9.42. The maximum Gasteiger partial charge on any atom is 0.490 e. The lowest BCUT2D eigenvalue weighted by Crippen LogP contribution is -2.34. The van der Waals surface area contributed by atoms with Crippen molar-refractivity contribution in [1.82, 2.24) is 24.9 Å². The molecular weight excluding hydrogens is 657 g/mol. The lowest BCUT2D eigenvalue weighted by molar-refractivity contribution is -0.192. The number of hydrogen-bond donors (Lipinski definition) is 3. The van der Waals surface area contributed by atoms with Gasteiger partial charge in [0.05, 0.1) is 17.6 Å². The molecule has 1 unspecified atom stereocenters. The van der Waals surface area contributed by atoms with Crippen molar-refractivity contribution in [2.75, 3.05) is 38.7 Å². The molecule has 1 atom stereocenters. The minimum Gasteiger partial charge on any atom is -0.484 e. The number of aromatic nitrogens is 2. The number of halogens is 3. The number of nitrogens with zero attached hydrogens (tertiary/aromatic N) is 4. The number of benzene rings is 2. The van der Waals surface area contributed by atoms with E-state index in [0.717, 1.165) is 36.3 Å². The molecule has 0 bridgehead atoms. The molecule has 2 aromatic carbocycles. The van der Waals surface area contributed by atoms with Crippen LogP contribution in [0.1, 0.15) is 23.6 Å². The van der Waals surface area contributed by atoms with Gasteiger partial charge in [0.1, 0.15) is 11.5 Å². The van der Waals surface area contributed by atoms with E-state index in [-0.39, 0.29) is 24.0 Å². The van der Waals surface area contributed by atoms with Crippen molar-refractivity contribution in [2.45, 2.75) is 43.5 Å². The van der Waals surface area contributed by atoms with Crippen LogP contribution in [0.15, 0.2) is 70.4 Å². The number of oxazole rings is 1. The van der Waals surface area contributed by atoms with Crippen LogP contribution in [0.5, 0.6) is 5.75 Å². The van der Waals surface area contributed by atoms with Gasteiger partial charge in [-0.1, -0.05) is 12.1 Å². The van der Waals surface area contributed by atoms with Crippen LogP contribution >= 0.6 is 0 Å². The van der Waals surface area contributed by atoms with Gasteiger partial charge in [0.2, 0.25) is 15.9 Å². The number of sulfonamides is 1. The Morgan fingerprint density at radius 2 is 1.92 bits per heavy atom. The maximum absolute atomic E-state index is 13.5. The molecule has 5 rings (SSSR count). The summed E-state index contributed by atoms with van der Waals surface area (Å²) in [7, 11) is -0.250. The van der Waals surface area contributed by atoms with Gasteiger partial charge in [-0.05, 0) is 56.3 Å². The van der Waals surface area contributed by atoms with Gasteiger partial charge in [0.15, 0.2) is 6.61 Å². The monoisotopic (exact) mass is 692 g/mol. The fourth-order valence-corrected chi connectivity index (χ4v) is 6.24. The van der Waals surface area contributed by atoms with E-state index in [9.17, 15) is 26.4 Å². The van der Waals surface area contributed by atoms with Crippen molar-refractivity contribution in [3.05, 3.63) is 78.3 Å². The van der Waals surface area contributed by atoms with Gasteiger partial charge >= 0.3 is 12.1 Å². The highest BCUT2D eigenvalue weighted by Crippen LogP contribution is 2.34. The molecule has 0 saturated carbocycles. The molecule has 3 heterocycles. The van der Waals surface area contributed by atoms with Crippen LogP contribution in [0.3, 0.4) is 0 Å². The SMILES string of the molecule is CNC(=O)COc1cccc(CNS(=O)(=O)c2ccc(N3CCC(N(C)Cc4ncc(C)o4)C3)c3cnccc23)c1.O=C(O)C(F)(F)F. The number of anilines is 1. The van der Waals surface area contributed by atoms with E-state index in [2.05, 4.69) is 36.9 Å². The first-order valence-corrected chi connectivity index (χ1v) is 16.1. The summed E-state index contributed by atoms with van der Waals surface area (Å²) in [5.41, 5.74) is 1.66. The topological polar surface area (TPSA) is 167 Å². The van der Waals surface area contributed by atoms with Gasteiger partial charge in [-0.25, -0.2) is 22.9 Å². The Bertz CT molecular complexity index is 1850. The molecular formula is C31H35F3N6O7S. The highest BCUT2D eigenvalue weighted by molar-refractivity contribution is 7.89. The van der Waals surface area contributed by atoms with Crippen LogP contribution < -0.4 is 19.7 Å². The summed E-state index contributed by atoms with van der Waals surface area (Å²) in [4.78, 5) is 33.7. The van der Waals surface area contributed by atoms with E-state index < -0.39 is 22.2 Å². The number of carbonyl (C=O) groups excluding carboxylic acids is 1. The summed E-state index contributed by atoms with van der Waals surface area (Å²) < 4.78 is 72.5. The molecule has 1 saturated heterocycles. The number of carboxylic acid groups (broad SMARTS) is 1. The third-order valence-corrected chi connectivity index (χ3v) is 8.94. The average Bonchev–Trinajstić information content (AvgIpc) is 3.71. The predicted molar refractivity (Wildman–Crippen MR) is 169 cm³/mol. The molecule has 3 N–H and O–H groups in total. The highest BCUT2D eigenvalue weighted by atomic mass is 32.2. The van der Waals surface area contributed by atoms with Crippen molar-refractivity contribution >= 4 is 38.4 Å². The standard InChI is InChI=1S/C29H34N6O5S.C2HF3O2/c1-20-14-32-29(40-20)18-34(3)22-10-12-35(17-22)26-7-8-27(24-9-11-31-16-25(24)26)41(37,38)33-15-21-5-4-6-23(13-21)39-19-28(36)30-2;3-2(4,5)1(6)7/h4-9,11,13-14,16,22,33H,10,12,15,17-19H2,1-3H3,(H,30,36);(H,6,7). The van der Waals surface area contributed by atoms with Gasteiger partial charge in [0.25, 0.3) is 5.91 Å². The summed E-state index contributed by atoms with van der Waals surface area (Å²) >= 11 is 0. The minimum absolute atomic E-state index is 0.0675. The number of pyridine rings is 1. The summed E-state index contributed by atoms with van der Waals surface area (Å²) in [6.45, 7) is 4.09. The number of rotatable bonds is 11. The highest BCUT2D eigenvalue weighted by Gasteiger charge is 2.38. The molecule has 1 amide bonds. The predicted octanol–water partition coefficient (Wildman–Crippen LogP) is 3.48. The smallest absolute Gasteiger partial charge is 0.484 e. The molecule has 48 heavy (non-hydrogen) atoms. The first-order valence-electron chi connectivity index (χ1n) is 14.6. The Hall–Kier alpha value is -4.74. The summed E-state index contributed by atoms with van der Waals surface area (Å²) in [6, 6.07) is 12.5. The fraction of sp³-hybridized carbons (Fsp3) is 0.355. The van der Waals surface area contributed by atoms with Crippen molar-refractivity contribution < 1.29 is 45.4 Å². The normalized spacial score (nSPS) is 14.9. The number of carboxylic acids is 1. The van der Waals surface area contributed by atoms with Crippen LogP contribution in [0.4, 0.5) is 18.9 Å². The fourth-order valence-electron chi connectivity index (χ4n) is 5.02.